The van der Waals surface area contributed by atoms with Crippen molar-refractivity contribution in [2.24, 2.45) is 0 Å². The molecule has 1 aromatic rings. The lowest BCUT2D eigenvalue weighted by molar-refractivity contribution is 0.623. The van der Waals surface area contributed by atoms with Crippen LogP contribution in [0.5, 0.6) is 0 Å². The van der Waals surface area contributed by atoms with Gasteiger partial charge in [-0.15, -0.1) is 0 Å². The van der Waals surface area contributed by atoms with Crippen LogP contribution in [0.4, 0.5) is 4.39 Å². The van der Waals surface area contributed by atoms with Crippen LogP contribution in [0, 0.1) is 9.39 Å². The van der Waals surface area contributed by atoms with Crippen molar-refractivity contribution in [1.29, 1.82) is 0 Å². The smallest absolute Gasteiger partial charge is 0.123 e. The van der Waals surface area contributed by atoms with Crippen LogP contribution in [0.2, 0.25) is 0 Å². The van der Waals surface area contributed by atoms with Crippen molar-refractivity contribution in [3.8, 4) is 0 Å². The molecule has 0 aliphatic heterocycles. The Kier molecular flexibility index (Phi) is 3.26. The first-order chi connectivity index (χ1) is 5.24. The summed E-state index contributed by atoms with van der Waals surface area (Å²) in [6, 6.07) is 4.81. The minimum Gasteiger partial charge on any atom is -0.316 e. The molecule has 0 fully saturated rings. The van der Waals surface area contributed by atoms with E-state index >= 15 is 0 Å². The summed E-state index contributed by atoms with van der Waals surface area (Å²) in [5.41, 5.74) is 1.01. The van der Waals surface area contributed by atoms with E-state index in [9.17, 15) is 4.39 Å². The summed E-state index contributed by atoms with van der Waals surface area (Å²) in [6.07, 6.45) is 0. The number of hydrogen-bond acceptors (Lipinski definition) is 1. The zero-order valence-corrected chi connectivity index (χ0v) is 8.35. The van der Waals surface area contributed by atoms with Gasteiger partial charge in [-0.2, -0.15) is 0 Å². The molecular formula is C8H9FIN. The fraction of sp³-hybridized carbons (Fsp3) is 0.250. The highest BCUT2D eigenvalue weighted by atomic mass is 127. The summed E-state index contributed by atoms with van der Waals surface area (Å²) in [7, 11) is 1.85. The molecule has 0 aliphatic carbocycles. The van der Waals surface area contributed by atoms with Gasteiger partial charge in [-0.3, -0.25) is 0 Å². The van der Waals surface area contributed by atoms with Gasteiger partial charge < -0.3 is 5.32 Å². The third kappa shape index (κ3) is 2.41. The lowest BCUT2D eigenvalue weighted by Crippen LogP contribution is -2.06. The standard InChI is InChI=1S/C8H9FIN/c1-11-5-6-4-7(9)2-3-8(6)10/h2-4,11H,5H2,1H3. The maximum Gasteiger partial charge on any atom is 0.123 e. The van der Waals surface area contributed by atoms with Gasteiger partial charge in [-0.1, -0.05) is 0 Å². The van der Waals surface area contributed by atoms with Gasteiger partial charge in [0.15, 0.2) is 0 Å². The Morgan fingerprint density at radius 1 is 1.55 bits per heavy atom. The first-order valence-corrected chi connectivity index (χ1v) is 4.40. The molecule has 0 saturated heterocycles. The average molecular weight is 265 g/mol. The van der Waals surface area contributed by atoms with E-state index in [2.05, 4.69) is 27.9 Å². The normalized spacial score (nSPS) is 10.1. The zero-order valence-electron chi connectivity index (χ0n) is 6.20. The van der Waals surface area contributed by atoms with Gasteiger partial charge in [-0.25, -0.2) is 4.39 Å². The topological polar surface area (TPSA) is 12.0 Å². The van der Waals surface area contributed by atoms with Crippen molar-refractivity contribution in [2.45, 2.75) is 6.54 Å². The third-order valence-corrected chi connectivity index (χ3v) is 2.43. The van der Waals surface area contributed by atoms with Gasteiger partial charge in [0, 0.05) is 10.1 Å². The van der Waals surface area contributed by atoms with E-state index in [0.717, 1.165) is 15.7 Å². The van der Waals surface area contributed by atoms with Gasteiger partial charge in [-0.05, 0) is 53.4 Å². The molecule has 0 atom stereocenters. The maximum atomic E-state index is 12.6. The number of halogens is 2. The molecule has 0 spiro atoms. The predicted molar refractivity (Wildman–Crippen MR) is 51.9 cm³/mol. The van der Waals surface area contributed by atoms with Gasteiger partial charge >= 0.3 is 0 Å². The summed E-state index contributed by atoms with van der Waals surface area (Å²) >= 11 is 2.19. The SMILES string of the molecule is CNCc1cc(F)ccc1I. The Balaban J connectivity index is 2.93. The van der Waals surface area contributed by atoms with Crippen molar-refractivity contribution in [3.05, 3.63) is 33.1 Å². The monoisotopic (exact) mass is 265 g/mol. The molecule has 0 saturated carbocycles. The minimum absolute atomic E-state index is 0.171. The molecule has 0 unspecified atom stereocenters. The highest BCUT2D eigenvalue weighted by Crippen LogP contribution is 2.12. The lowest BCUT2D eigenvalue weighted by Gasteiger charge is -2.02. The second kappa shape index (κ2) is 4.01. The van der Waals surface area contributed by atoms with E-state index in [1.807, 2.05) is 7.05 Å². The van der Waals surface area contributed by atoms with E-state index in [1.54, 1.807) is 12.1 Å². The molecule has 1 aromatic carbocycles. The van der Waals surface area contributed by atoms with Gasteiger partial charge in [0.2, 0.25) is 0 Å². The molecule has 1 N–H and O–H groups in total. The first-order valence-electron chi connectivity index (χ1n) is 3.32. The summed E-state index contributed by atoms with van der Waals surface area (Å²) < 4.78 is 13.7. The number of nitrogens with one attached hydrogen (secondary N) is 1. The summed E-state index contributed by atoms with van der Waals surface area (Å²) in [5, 5.41) is 2.98. The van der Waals surface area contributed by atoms with Gasteiger partial charge in [0.05, 0.1) is 0 Å². The van der Waals surface area contributed by atoms with E-state index in [-0.39, 0.29) is 5.82 Å². The van der Waals surface area contributed by atoms with Crippen molar-refractivity contribution in [3.63, 3.8) is 0 Å². The van der Waals surface area contributed by atoms with Crippen molar-refractivity contribution >= 4 is 22.6 Å². The van der Waals surface area contributed by atoms with Crippen molar-refractivity contribution < 1.29 is 4.39 Å². The maximum absolute atomic E-state index is 12.6. The fourth-order valence-electron chi connectivity index (χ4n) is 0.869. The summed E-state index contributed by atoms with van der Waals surface area (Å²) in [5.74, 6) is -0.171. The predicted octanol–water partition coefficient (Wildman–Crippen LogP) is 2.15. The average Bonchev–Trinajstić information content (AvgIpc) is 1.98. The van der Waals surface area contributed by atoms with Crippen LogP contribution in [0.1, 0.15) is 5.56 Å². The second-order valence-corrected chi connectivity index (χ2v) is 3.43. The van der Waals surface area contributed by atoms with E-state index in [0.29, 0.717) is 0 Å². The molecule has 0 bridgehead atoms. The summed E-state index contributed by atoms with van der Waals surface area (Å²) in [6.45, 7) is 0.718. The molecule has 0 aromatic heterocycles. The van der Waals surface area contributed by atoms with Crippen LogP contribution in [-0.2, 0) is 6.54 Å². The lowest BCUT2D eigenvalue weighted by atomic mass is 10.2. The van der Waals surface area contributed by atoms with Crippen LogP contribution >= 0.6 is 22.6 Å². The van der Waals surface area contributed by atoms with Crippen LogP contribution in [-0.4, -0.2) is 7.05 Å². The van der Waals surface area contributed by atoms with Crippen molar-refractivity contribution in [2.75, 3.05) is 7.05 Å². The number of hydrogen-bond donors (Lipinski definition) is 1. The van der Waals surface area contributed by atoms with Crippen LogP contribution in [0.25, 0.3) is 0 Å². The molecule has 60 valence electrons. The molecule has 0 radical (unpaired) electrons. The molecule has 3 heteroatoms. The van der Waals surface area contributed by atoms with Gasteiger partial charge in [0.1, 0.15) is 5.82 Å². The largest absolute Gasteiger partial charge is 0.316 e. The highest BCUT2D eigenvalue weighted by molar-refractivity contribution is 14.1. The number of benzene rings is 1. The van der Waals surface area contributed by atoms with Crippen LogP contribution in [0.15, 0.2) is 18.2 Å². The Morgan fingerprint density at radius 3 is 2.91 bits per heavy atom. The zero-order chi connectivity index (χ0) is 8.27. The molecule has 0 heterocycles. The molecule has 0 aliphatic rings. The summed E-state index contributed by atoms with van der Waals surface area (Å²) in [4.78, 5) is 0. The molecule has 11 heavy (non-hydrogen) atoms. The van der Waals surface area contributed by atoms with Crippen LogP contribution in [0.3, 0.4) is 0 Å². The second-order valence-electron chi connectivity index (χ2n) is 2.27. The first kappa shape index (κ1) is 8.93. The third-order valence-electron chi connectivity index (χ3n) is 1.37. The minimum atomic E-state index is -0.171. The Bertz CT molecular complexity index is 250. The Labute approximate surface area is 79.1 Å². The van der Waals surface area contributed by atoms with Crippen molar-refractivity contribution in [1.82, 2.24) is 5.32 Å². The van der Waals surface area contributed by atoms with E-state index < -0.39 is 0 Å². The van der Waals surface area contributed by atoms with Crippen LogP contribution < -0.4 is 5.32 Å². The molecule has 0 amide bonds. The number of rotatable bonds is 2. The molecule has 1 rings (SSSR count). The highest BCUT2D eigenvalue weighted by Gasteiger charge is 1.98. The molecular weight excluding hydrogens is 256 g/mol. The fourth-order valence-corrected chi connectivity index (χ4v) is 1.40. The molecule has 1 nitrogen and oxygen atoms in total. The Hall–Kier alpha value is -0.160. The van der Waals surface area contributed by atoms with Gasteiger partial charge in [0.25, 0.3) is 0 Å². The van der Waals surface area contributed by atoms with E-state index in [4.69, 9.17) is 0 Å². The Morgan fingerprint density at radius 2 is 2.27 bits per heavy atom. The quantitative estimate of drug-likeness (QED) is 0.808. The van der Waals surface area contributed by atoms with E-state index in [1.165, 1.54) is 6.07 Å².